The summed E-state index contributed by atoms with van der Waals surface area (Å²) in [7, 11) is 0. The molecule has 0 fully saturated rings. The number of hydrogen-bond acceptors (Lipinski definition) is 4. The molecule has 0 spiro atoms. The van der Waals surface area contributed by atoms with Gasteiger partial charge in [0.25, 0.3) is 0 Å². The summed E-state index contributed by atoms with van der Waals surface area (Å²) in [5.41, 5.74) is 1.34. The van der Waals surface area contributed by atoms with E-state index < -0.39 is 0 Å². The summed E-state index contributed by atoms with van der Waals surface area (Å²) in [4.78, 5) is 6.09. The number of rotatable bonds is 5. The molecule has 104 valence electrons. The Morgan fingerprint density at radius 2 is 2.11 bits per heavy atom. The van der Waals surface area contributed by atoms with Crippen molar-refractivity contribution in [1.29, 1.82) is 0 Å². The minimum atomic E-state index is 0.151. The number of nitrogens with zero attached hydrogens (tertiary/aromatic N) is 1. The molecule has 0 aromatic carbocycles. The van der Waals surface area contributed by atoms with Crippen LogP contribution in [0.25, 0.3) is 0 Å². The maximum absolute atomic E-state index is 4.68. The summed E-state index contributed by atoms with van der Waals surface area (Å²) >= 11 is 7.04. The van der Waals surface area contributed by atoms with Gasteiger partial charge in [-0.3, -0.25) is 0 Å². The van der Waals surface area contributed by atoms with Gasteiger partial charge in [0.2, 0.25) is 0 Å². The SMILES string of the molecule is CC(C)(C)c1csc(CNCCc2ccc(Br)s2)n1. The van der Waals surface area contributed by atoms with E-state index in [2.05, 4.69) is 64.5 Å². The van der Waals surface area contributed by atoms with E-state index in [1.54, 1.807) is 22.7 Å². The van der Waals surface area contributed by atoms with Gasteiger partial charge in [-0.2, -0.15) is 0 Å². The highest BCUT2D eigenvalue weighted by Crippen LogP contribution is 2.24. The fourth-order valence-electron chi connectivity index (χ4n) is 1.63. The Morgan fingerprint density at radius 1 is 1.32 bits per heavy atom. The highest BCUT2D eigenvalue weighted by molar-refractivity contribution is 9.11. The predicted octanol–water partition coefficient (Wildman–Crippen LogP) is 4.60. The largest absolute Gasteiger partial charge is 0.310 e. The molecule has 2 aromatic heterocycles. The molecule has 2 heterocycles. The highest BCUT2D eigenvalue weighted by Gasteiger charge is 2.17. The standard InChI is InChI=1S/C14H19BrN2S2/c1-14(2,3)11-9-18-13(17-11)8-16-7-6-10-4-5-12(15)19-10/h4-5,9,16H,6-8H2,1-3H3. The monoisotopic (exact) mass is 358 g/mol. The van der Waals surface area contributed by atoms with E-state index in [-0.39, 0.29) is 5.41 Å². The fourth-order valence-corrected chi connectivity index (χ4v) is 4.10. The van der Waals surface area contributed by atoms with E-state index in [9.17, 15) is 0 Å². The van der Waals surface area contributed by atoms with Gasteiger partial charge in [0.15, 0.2) is 0 Å². The first kappa shape index (κ1) is 15.2. The minimum absolute atomic E-state index is 0.151. The lowest BCUT2D eigenvalue weighted by molar-refractivity contribution is 0.568. The zero-order valence-corrected chi connectivity index (χ0v) is 14.7. The summed E-state index contributed by atoms with van der Waals surface area (Å²) in [6.45, 7) is 8.47. The van der Waals surface area contributed by atoms with Gasteiger partial charge in [0.1, 0.15) is 5.01 Å². The molecule has 1 N–H and O–H groups in total. The summed E-state index contributed by atoms with van der Waals surface area (Å²) in [5.74, 6) is 0. The van der Waals surface area contributed by atoms with Crippen molar-refractivity contribution in [3.05, 3.63) is 36.9 Å². The van der Waals surface area contributed by atoms with Crippen molar-refractivity contribution in [2.24, 2.45) is 0 Å². The molecule has 0 atom stereocenters. The summed E-state index contributed by atoms with van der Waals surface area (Å²) in [6.07, 6.45) is 1.08. The van der Waals surface area contributed by atoms with E-state index in [1.165, 1.54) is 19.4 Å². The second kappa shape index (κ2) is 6.48. The van der Waals surface area contributed by atoms with Crippen LogP contribution in [-0.2, 0) is 18.4 Å². The molecule has 0 saturated carbocycles. The van der Waals surface area contributed by atoms with Crippen LogP contribution in [0.3, 0.4) is 0 Å². The molecule has 5 heteroatoms. The summed E-state index contributed by atoms with van der Waals surface area (Å²) in [5, 5.41) is 6.82. The van der Waals surface area contributed by atoms with Gasteiger partial charge < -0.3 is 5.32 Å². The number of halogens is 1. The number of aromatic nitrogens is 1. The van der Waals surface area contributed by atoms with Crippen molar-refractivity contribution in [3.63, 3.8) is 0 Å². The molecular formula is C14H19BrN2S2. The average Bonchev–Trinajstić information content (AvgIpc) is 2.93. The third-order valence-electron chi connectivity index (χ3n) is 2.77. The molecule has 0 amide bonds. The molecule has 0 aliphatic heterocycles. The first-order valence-electron chi connectivity index (χ1n) is 6.35. The maximum atomic E-state index is 4.68. The Balaban J connectivity index is 1.75. The van der Waals surface area contributed by atoms with Gasteiger partial charge in [0, 0.05) is 28.8 Å². The fraction of sp³-hybridized carbons (Fsp3) is 0.500. The smallest absolute Gasteiger partial charge is 0.107 e. The Labute approximate surface area is 131 Å². The maximum Gasteiger partial charge on any atom is 0.107 e. The van der Waals surface area contributed by atoms with E-state index >= 15 is 0 Å². The number of thiophene rings is 1. The van der Waals surface area contributed by atoms with Gasteiger partial charge in [-0.15, -0.1) is 22.7 Å². The van der Waals surface area contributed by atoms with Crippen molar-refractivity contribution in [3.8, 4) is 0 Å². The second-order valence-corrected chi connectivity index (χ2v) is 9.00. The van der Waals surface area contributed by atoms with Gasteiger partial charge in [-0.05, 0) is 34.5 Å². The highest BCUT2D eigenvalue weighted by atomic mass is 79.9. The molecule has 0 saturated heterocycles. The normalized spacial score (nSPS) is 12.0. The predicted molar refractivity (Wildman–Crippen MR) is 88.2 cm³/mol. The third kappa shape index (κ3) is 4.67. The molecule has 0 unspecified atom stereocenters. The Kier molecular flexibility index (Phi) is 5.17. The average molecular weight is 359 g/mol. The molecule has 0 radical (unpaired) electrons. The Hall–Kier alpha value is -0.230. The summed E-state index contributed by atoms with van der Waals surface area (Å²) < 4.78 is 1.21. The molecule has 0 aliphatic carbocycles. The van der Waals surface area contributed by atoms with Crippen LogP contribution in [-0.4, -0.2) is 11.5 Å². The quantitative estimate of drug-likeness (QED) is 0.790. The molecule has 0 aliphatic rings. The van der Waals surface area contributed by atoms with E-state index in [0.29, 0.717) is 0 Å². The van der Waals surface area contributed by atoms with Crippen LogP contribution in [0.1, 0.15) is 36.3 Å². The van der Waals surface area contributed by atoms with Crippen molar-refractivity contribution in [1.82, 2.24) is 10.3 Å². The second-order valence-electron chi connectivity index (χ2n) is 5.51. The lowest BCUT2D eigenvalue weighted by Gasteiger charge is -2.14. The van der Waals surface area contributed by atoms with Crippen LogP contribution in [0, 0.1) is 0 Å². The minimum Gasteiger partial charge on any atom is -0.310 e. The van der Waals surface area contributed by atoms with Crippen LogP contribution in [0.15, 0.2) is 21.3 Å². The lowest BCUT2D eigenvalue weighted by atomic mass is 9.93. The number of hydrogen-bond donors (Lipinski definition) is 1. The van der Waals surface area contributed by atoms with Gasteiger partial charge in [0.05, 0.1) is 9.48 Å². The first-order chi connectivity index (χ1) is 8.95. The van der Waals surface area contributed by atoms with Crippen LogP contribution >= 0.6 is 38.6 Å². The zero-order chi connectivity index (χ0) is 13.9. The van der Waals surface area contributed by atoms with Gasteiger partial charge >= 0.3 is 0 Å². The lowest BCUT2D eigenvalue weighted by Crippen LogP contribution is -2.17. The number of thiazole rings is 1. The molecule has 2 nitrogen and oxygen atoms in total. The van der Waals surface area contributed by atoms with E-state index in [1.807, 2.05) is 0 Å². The molecule has 0 bridgehead atoms. The van der Waals surface area contributed by atoms with Gasteiger partial charge in [-0.25, -0.2) is 4.98 Å². The molecule has 2 aromatic rings. The summed E-state index contributed by atoms with van der Waals surface area (Å²) in [6, 6.07) is 4.29. The van der Waals surface area contributed by atoms with Crippen LogP contribution in [0.2, 0.25) is 0 Å². The van der Waals surface area contributed by atoms with Crippen molar-refractivity contribution >= 4 is 38.6 Å². The van der Waals surface area contributed by atoms with Gasteiger partial charge in [-0.1, -0.05) is 20.8 Å². The Morgan fingerprint density at radius 3 is 2.68 bits per heavy atom. The molecular weight excluding hydrogens is 340 g/mol. The van der Waals surface area contributed by atoms with Crippen LogP contribution in [0.4, 0.5) is 0 Å². The van der Waals surface area contributed by atoms with Crippen LogP contribution in [0.5, 0.6) is 0 Å². The van der Waals surface area contributed by atoms with E-state index in [4.69, 9.17) is 0 Å². The first-order valence-corrected chi connectivity index (χ1v) is 8.84. The van der Waals surface area contributed by atoms with Crippen LogP contribution < -0.4 is 5.32 Å². The topological polar surface area (TPSA) is 24.9 Å². The number of nitrogens with one attached hydrogen (secondary N) is 1. The van der Waals surface area contributed by atoms with Crippen molar-refractivity contribution in [2.45, 2.75) is 39.2 Å². The third-order valence-corrected chi connectivity index (χ3v) is 5.31. The van der Waals surface area contributed by atoms with Crippen molar-refractivity contribution in [2.75, 3.05) is 6.54 Å². The van der Waals surface area contributed by atoms with Crippen molar-refractivity contribution < 1.29 is 0 Å². The molecule has 2 rings (SSSR count). The Bertz CT molecular complexity index is 526. The van der Waals surface area contributed by atoms with E-state index in [0.717, 1.165) is 19.5 Å². The zero-order valence-electron chi connectivity index (χ0n) is 11.5. The molecule has 19 heavy (non-hydrogen) atoms.